The highest BCUT2D eigenvalue weighted by Gasteiger charge is 2.15. The Morgan fingerprint density at radius 1 is 1.29 bits per heavy atom. The van der Waals surface area contributed by atoms with E-state index in [2.05, 4.69) is 10.6 Å². The van der Waals surface area contributed by atoms with Gasteiger partial charge < -0.3 is 16.4 Å². The van der Waals surface area contributed by atoms with Crippen LogP contribution in [-0.2, 0) is 6.54 Å². The Hall–Kier alpha value is -1.39. The van der Waals surface area contributed by atoms with Crippen molar-refractivity contribution in [1.82, 2.24) is 10.6 Å². The lowest BCUT2D eigenvalue weighted by atomic mass is 10.1. The van der Waals surface area contributed by atoms with Crippen LogP contribution in [0.3, 0.4) is 0 Å². The first kappa shape index (κ1) is 12.1. The second-order valence-electron chi connectivity index (χ2n) is 4.40. The van der Waals surface area contributed by atoms with E-state index in [0.717, 1.165) is 31.5 Å². The van der Waals surface area contributed by atoms with Gasteiger partial charge in [-0.3, -0.25) is 4.79 Å². The van der Waals surface area contributed by atoms with Crippen LogP contribution in [0, 0.1) is 0 Å². The zero-order chi connectivity index (χ0) is 12.1. The van der Waals surface area contributed by atoms with Gasteiger partial charge in [-0.2, -0.15) is 0 Å². The molecule has 1 aromatic carbocycles. The lowest BCUT2D eigenvalue weighted by Gasteiger charge is -2.23. The van der Waals surface area contributed by atoms with Gasteiger partial charge in [0.1, 0.15) is 0 Å². The van der Waals surface area contributed by atoms with Gasteiger partial charge >= 0.3 is 0 Å². The highest BCUT2D eigenvalue weighted by molar-refractivity contribution is 5.94. The zero-order valence-corrected chi connectivity index (χ0v) is 9.91. The first-order valence-corrected chi connectivity index (χ1v) is 6.10. The number of carbonyl (C=O) groups excluding carboxylic acids is 1. The lowest BCUT2D eigenvalue weighted by Crippen LogP contribution is -2.42. The number of amides is 1. The maximum absolute atomic E-state index is 11.9. The van der Waals surface area contributed by atoms with Crippen LogP contribution in [0.25, 0.3) is 0 Å². The van der Waals surface area contributed by atoms with Crippen LogP contribution in [0.5, 0.6) is 0 Å². The number of nitrogens with one attached hydrogen (secondary N) is 2. The topological polar surface area (TPSA) is 67.2 Å². The molecule has 17 heavy (non-hydrogen) atoms. The average Bonchev–Trinajstić information content (AvgIpc) is 2.40. The molecule has 0 radical (unpaired) electrons. The maximum atomic E-state index is 11.9. The summed E-state index contributed by atoms with van der Waals surface area (Å²) in [6.07, 6.45) is 2.01. The summed E-state index contributed by atoms with van der Waals surface area (Å²) in [6, 6.07) is 7.77. The van der Waals surface area contributed by atoms with E-state index in [1.807, 2.05) is 24.3 Å². The molecule has 1 amide bonds. The van der Waals surface area contributed by atoms with E-state index in [1.165, 1.54) is 0 Å². The van der Waals surface area contributed by atoms with Gasteiger partial charge in [0.05, 0.1) is 0 Å². The second-order valence-corrected chi connectivity index (χ2v) is 4.40. The van der Waals surface area contributed by atoms with Gasteiger partial charge in [0.25, 0.3) is 5.91 Å². The quantitative estimate of drug-likeness (QED) is 0.717. The number of rotatable bonds is 3. The summed E-state index contributed by atoms with van der Waals surface area (Å²) in [5, 5.41) is 6.34. The van der Waals surface area contributed by atoms with Crippen LogP contribution >= 0.6 is 0 Å². The Kier molecular flexibility index (Phi) is 4.12. The van der Waals surface area contributed by atoms with Gasteiger partial charge in [0.15, 0.2) is 0 Å². The molecule has 4 heteroatoms. The molecule has 0 bridgehead atoms. The number of nitrogens with two attached hydrogens (primary N) is 1. The molecule has 0 saturated carbocycles. The van der Waals surface area contributed by atoms with Crippen molar-refractivity contribution in [3.63, 3.8) is 0 Å². The third-order valence-corrected chi connectivity index (χ3v) is 3.13. The van der Waals surface area contributed by atoms with Crippen LogP contribution in [0.1, 0.15) is 28.8 Å². The van der Waals surface area contributed by atoms with E-state index in [1.54, 1.807) is 0 Å². The molecular formula is C13H19N3O. The molecule has 1 fully saturated rings. The minimum absolute atomic E-state index is 0.0143. The summed E-state index contributed by atoms with van der Waals surface area (Å²) in [6.45, 7) is 2.48. The molecule has 4 nitrogen and oxygen atoms in total. The molecule has 1 heterocycles. The van der Waals surface area contributed by atoms with Crippen molar-refractivity contribution >= 4 is 5.91 Å². The molecule has 92 valence electrons. The summed E-state index contributed by atoms with van der Waals surface area (Å²) in [7, 11) is 0. The van der Waals surface area contributed by atoms with E-state index in [0.29, 0.717) is 18.2 Å². The molecular weight excluding hydrogens is 214 g/mol. The second kappa shape index (κ2) is 5.80. The fourth-order valence-electron chi connectivity index (χ4n) is 2.03. The highest BCUT2D eigenvalue weighted by Crippen LogP contribution is 2.07. The number of benzene rings is 1. The molecule has 1 aliphatic rings. The zero-order valence-electron chi connectivity index (χ0n) is 9.91. The SMILES string of the molecule is NCc1ccc(C(=O)NC2CCNCC2)cc1. The van der Waals surface area contributed by atoms with Crippen LogP contribution in [0.15, 0.2) is 24.3 Å². The normalized spacial score (nSPS) is 16.8. The van der Waals surface area contributed by atoms with E-state index in [4.69, 9.17) is 5.73 Å². The highest BCUT2D eigenvalue weighted by atomic mass is 16.1. The van der Waals surface area contributed by atoms with Crippen LogP contribution in [0.4, 0.5) is 0 Å². The molecule has 0 aromatic heterocycles. The van der Waals surface area contributed by atoms with Gasteiger partial charge in [-0.1, -0.05) is 12.1 Å². The molecule has 1 aliphatic heterocycles. The van der Waals surface area contributed by atoms with Crippen molar-refractivity contribution in [1.29, 1.82) is 0 Å². The van der Waals surface area contributed by atoms with Gasteiger partial charge in [-0.05, 0) is 43.6 Å². The Balaban J connectivity index is 1.93. The van der Waals surface area contributed by atoms with Gasteiger partial charge in [-0.25, -0.2) is 0 Å². The standard InChI is InChI=1S/C13H19N3O/c14-9-10-1-3-11(4-2-10)13(17)16-12-5-7-15-8-6-12/h1-4,12,15H,5-9,14H2,(H,16,17). The number of piperidine rings is 1. The fraction of sp³-hybridized carbons (Fsp3) is 0.462. The number of hydrogen-bond acceptors (Lipinski definition) is 3. The minimum atomic E-state index is 0.0143. The first-order valence-electron chi connectivity index (χ1n) is 6.10. The lowest BCUT2D eigenvalue weighted by molar-refractivity contribution is 0.0929. The van der Waals surface area contributed by atoms with Crippen molar-refractivity contribution in [3.8, 4) is 0 Å². The summed E-state index contributed by atoms with van der Waals surface area (Å²) in [5.74, 6) is 0.0143. The van der Waals surface area contributed by atoms with Crippen molar-refractivity contribution in [3.05, 3.63) is 35.4 Å². The summed E-state index contributed by atoms with van der Waals surface area (Å²) in [4.78, 5) is 11.9. The van der Waals surface area contributed by atoms with Gasteiger partial charge in [-0.15, -0.1) is 0 Å². The fourth-order valence-corrected chi connectivity index (χ4v) is 2.03. The summed E-state index contributed by atoms with van der Waals surface area (Å²) in [5.41, 5.74) is 7.27. The van der Waals surface area contributed by atoms with E-state index >= 15 is 0 Å². The number of hydrogen-bond donors (Lipinski definition) is 3. The first-order chi connectivity index (χ1) is 8.29. The van der Waals surface area contributed by atoms with Crippen molar-refractivity contribution in [2.75, 3.05) is 13.1 Å². The van der Waals surface area contributed by atoms with Crippen molar-refractivity contribution in [2.45, 2.75) is 25.4 Å². The predicted octanol–water partition coefficient (Wildman–Crippen LogP) is 0.627. The third-order valence-electron chi connectivity index (χ3n) is 3.13. The summed E-state index contributed by atoms with van der Waals surface area (Å²) >= 11 is 0. The van der Waals surface area contributed by atoms with Gasteiger partial charge in [0, 0.05) is 18.2 Å². The van der Waals surface area contributed by atoms with E-state index < -0.39 is 0 Å². The average molecular weight is 233 g/mol. The Morgan fingerprint density at radius 3 is 2.53 bits per heavy atom. The van der Waals surface area contributed by atoms with E-state index in [-0.39, 0.29) is 5.91 Å². The maximum Gasteiger partial charge on any atom is 0.251 e. The molecule has 0 aliphatic carbocycles. The van der Waals surface area contributed by atoms with E-state index in [9.17, 15) is 4.79 Å². The molecule has 0 atom stereocenters. The third kappa shape index (κ3) is 3.28. The minimum Gasteiger partial charge on any atom is -0.349 e. The van der Waals surface area contributed by atoms with Crippen LogP contribution in [0.2, 0.25) is 0 Å². The number of carbonyl (C=O) groups is 1. The molecule has 1 saturated heterocycles. The van der Waals surface area contributed by atoms with Gasteiger partial charge in [0.2, 0.25) is 0 Å². The molecule has 4 N–H and O–H groups in total. The van der Waals surface area contributed by atoms with Crippen LogP contribution < -0.4 is 16.4 Å². The largest absolute Gasteiger partial charge is 0.349 e. The molecule has 0 unspecified atom stereocenters. The van der Waals surface area contributed by atoms with Crippen molar-refractivity contribution < 1.29 is 4.79 Å². The summed E-state index contributed by atoms with van der Waals surface area (Å²) < 4.78 is 0. The molecule has 0 spiro atoms. The monoisotopic (exact) mass is 233 g/mol. The Labute approximate surface area is 102 Å². The smallest absolute Gasteiger partial charge is 0.251 e. The predicted molar refractivity (Wildman–Crippen MR) is 67.7 cm³/mol. The molecule has 2 rings (SSSR count). The Morgan fingerprint density at radius 2 is 1.94 bits per heavy atom. The Bertz CT molecular complexity index is 369. The van der Waals surface area contributed by atoms with Crippen molar-refractivity contribution in [2.24, 2.45) is 5.73 Å². The van der Waals surface area contributed by atoms with Crippen LogP contribution in [-0.4, -0.2) is 25.0 Å². The molecule has 1 aromatic rings.